The fourth-order valence-corrected chi connectivity index (χ4v) is 0.581. The fraction of sp³-hybridized carbons (Fsp3) is 1.00. The van der Waals surface area contributed by atoms with Crippen LogP contribution in [0.3, 0.4) is 0 Å². The molecule has 0 fully saturated rings. The Balaban J connectivity index is 3.17. The Morgan fingerprint density at radius 2 is 1.88 bits per heavy atom. The molecular weight excluding hydrogens is 110 g/mol. The summed E-state index contributed by atoms with van der Waals surface area (Å²) in [5.41, 5.74) is 0. The van der Waals surface area contributed by atoms with Crippen molar-refractivity contribution in [2.45, 2.75) is 33.1 Å². The van der Waals surface area contributed by atoms with E-state index in [1.54, 1.807) is 6.92 Å². The monoisotopic (exact) mass is 122 g/mol. The minimum absolute atomic E-state index is 0.417. The lowest BCUT2D eigenvalue weighted by atomic mass is 10.1. The molecule has 0 nitrogen and oxygen atoms in total. The van der Waals surface area contributed by atoms with Gasteiger partial charge in [-0.1, -0.05) is 20.3 Å². The molecule has 2 heteroatoms. The number of rotatable bonds is 3. The molecule has 0 aromatic rings. The van der Waals surface area contributed by atoms with E-state index in [0.717, 1.165) is 6.42 Å². The first-order chi connectivity index (χ1) is 3.68. The van der Waals surface area contributed by atoms with Gasteiger partial charge in [0.15, 0.2) is 0 Å². The van der Waals surface area contributed by atoms with Crippen LogP contribution in [-0.4, -0.2) is 6.43 Å². The van der Waals surface area contributed by atoms with Crippen LogP contribution in [0.25, 0.3) is 0 Å². The molecule has 0 aliphatic carbocycles. The Morgan fingerprint density at radius 3 is 2.00 bits per heavy atom. The van der Waals surface area contributed by atoms with Gasteiger partial charge in [0.1, 0.15) is 0 Å². The van der Waals surface area contributed by atoms with Crippen LogP contribution in [0, 0.1) is 5.92 Å². The van der Waals surface area contributed by atoms with Crippen molar-refractivity contribution in [1.82, 2.24) is 0 Å². The quantitative estimate of drug-likeness (QED) is 0.540. The molecule has 0 aromatic carbocycles. The lowest BCUT2D eigenvalue weighted by Crippen LogP contribution is -2.05. The van der Waals surface area contributed by atoms with E-state index in [0.29, 0.717) is 6.42 Å². The zero-order valence-electron chi connectivity index (χ0n) is 5.32. The van der Waals surface area contributed by atoms with Gasteiger partial charge in [-0.2, -0.15) is 0 Å². The molecule has 0 radical (unpaired) electrons. The second-order valence-corrected chi connectivity index (χ2v) is 2.10. The molecule has 0 aliphatic heterocycles. The predicted molar refractivity (Wildman–Crippen MR) is 30.1 cm³/mol. The average Bonchev–Trinajstić information content (AvgIpc) is 1.67. The van der Waals surface area contributed by atoms with Crippen LogP contribution in [0.15, 0.2) is 0 Å². The topological polar surface area (TPSA) is 0 Å². The molecule has 0 rings (SSSR count). The van der Waals surface area contributed by atoms with Gasteiger partial charge in [-0.25, -0.2) is 8.78 Å². The second kappa shape index (κ2) is 3.81. The molecule has 0 aliphatic rings. The van der Waals surface area contributed by atoms with Gasteiger partial charge >= 0.3 is 0 Å². The fourth-order valence-electron chi connectivity index (χ4n) is 0.581. The smallest absolute Gasteiger partial charge is 0.210 e. The highest BCUT2D eigenvalue weighted by atomic mass is 19.3. The SMILES string of the molecule is CCC[C@H](C)C(F)F. The minimum Gasteiger partial charge on any atom is -0.210 e. The first-order valence-corrected chi connectivity index (χ1v) is 2.96. The molecule has 1 atom stereocenters. The van der Waals surface area contributed by atoms with Gasteiger partial charge in [-0.3, -0.25) is 0 Å². The molecule has 0 heterocycles. The van der Waals surface area contributed by atoms with Crippen molar-refractivity contribution in [3.8, 4) is 0 Å². The van der Waals surface area contributed by atoms with E-state index in [2.05, 4.69) is 0 Å². The largest absolute Gasteiger partial charge is 0.241 e. The summed E-state index contributed by atoms with van der Waals surface area (Å²) in [6.07, 6.45) is -0.640. The zero-order chi connectivity index (χ0) is 6.57. The van der Waals surface area contributed by atoms with E-state index >= 15 is 0 Å². The maximum Gasteiger partial charge on any atom is 0.241 e. The summed E-state index contributed by atoms with van der Waals surface area (Å²) in [5.74, 6) is -0.417. The van der Waals surface area contributed by atoms with Crippen molar-refractivity contribution in [2.24, 2.45) is 5.92 Å². The molecule has 0 N–H and O–H groups in total. The Hall–Kier alpha value is -0.140. The van der Waals surface area contributed by atoms with Gasteiger partial charge in [-0.05, 0) is 6.42 Å². The first kappa shape index (κ1) is 7.86. The third kappa shape index (κ3) is 2.94. The van der Waals surface area contributed by atoms with E-state index in [-0.39, 0.29) is 0 Å². The van der Waals surface area contributed by atoms with Crippen LogP contribution >= 0.6 is 0 Å². The second-order valence-electron chi connectivity index (χ2n) is 2.10. The molecule has 0 saturated heterocycles. The lowest BCUT2D eigenvalue weighted by Gasteiger charge is -2.05. The van der Waals surface area contributed by atoms with Crippen molar-refractivity contribution in [1.29, 1.82) is 0 Å². The van der Waals surface area contributed by atoms with E-state index < -0.39 is 12.3 Å². The third-order valence-corrected chi connectivity index (χ3v) is 1.17. The van der Waals surface area contributed by atoms with Gasteiger partial charge < -0.3 is 0 Å². The molecule has 0 spiro atoms. The van der Waals surface area contributed by atoms with Crippen molar-refractivity contribution in [3.63, 3.8) is 0 Å². The predicted octanol–water partition coefficient (Wildman–Crippen LogP) is 2.69. The van der Waals surface area contributed by atoms with Crippen molar-refractivity contribution < 1.29 is 8.78 Å². The Morgan fingerprint density at radius 1 is 1.38 bits per heavy atom. The normalized spacial score (nSPS) is 14.6. The summed E-state index contributed by atoms with van der Waals surface area (Å²) in [5, 5.41) is 0. The number of hydrogen-bond donors (Lipinski definition) is 0. The van der Waals surface area contributed by atoms with Crippen LogP contribution in [-0.2, 0) is 0 Å². The Labute approximate surface area is 48.9 Å². The molecule has 0 bridgehead atoms. The number of halogens is 2. The lowest BCUT2D eigenvalue weighted by molar-refractivity contribution is 0.0816. The van der Waals surface area contributed by atoms with E-state index in [9.17, 15) is 8.78 Å². The molecule has 0 amide bonds. The first-order valence-electron chi connectivity index (χ1n) is 2.96. The maximum absolute atomic E-state index is 11.6. The van der Waals surface area contributed by atoms with Gasteiger partial charge in [0.05, 0.1) is 0 Å². The van der Waals surface area contributed by atoms with Crippen LogP contribution in [0.4, 0.5) is 8.78 Å². The Bertz CT molecular complexity index is 52.5. The van der Waals surface area contributed by atoms with Crippen molar-refractivity contribution in [3.05, 3.63) is 0 Å². The molecule has 50 valence electrons. The van der Waals surface area contributed by atoms with Crippen LogP contribution in [0.5, 0.6) is 0 Å². The van der Waals surface area contributed by atoms with E-state index in [1.807, 2.05) is 6.92 Å². The molecule has 0 unspecified atom stereocenters. The summed E-state index contributed by atoms with van der Waals surface area (Å²) in [6, 6.07) is 0. The van der Waals surface area contributed by atoms with Gasteiger partial charge in [0.2, 0.25) is 6.43 Å². The van der Waals surface area contributed by atoms with E-state index in [1.165, 1.54) is 0 Å². The number of alkyl halides is 2. The highest BCUT2D eigenvalue weighted by molar-refractivity contribution is 4.51. The van der Waals surface area contributed by atoms with Gasteiger partial charge in [0.25, 0.3) is 0 Å². The summed E-state index contributed by atoms with van der Waals surface area (Å²) in [4.78, 5) is 0. The highest BCUT2D eigenvalue weighted by Gasteiger charge is 2.11. The van der Waals surface area contributed by atoms with Gasteiger partial charge in [-0.15, -0.1) is 0 Å². The molecule has 0 saturated carbocycles. The van der Waals surface area contributed by atoms with Crippen molar-refractivity contribution in [2.75, 3.05) is 0 Å². The highest BCUT2D eigenvalue weighted by Crippen LogP contribution is 2.13. The third-order valence-electron chi connectivity index (χ3n) is 1.17. The van der Waals surface area contributed by atoms with E-state index in [4.69, 9.17) is 0 Å². The zero-order valence-corrected chi connectivity index (χ0v) is 5.32. The van der Waals surface area contributed by atoms with Crippen LogP contribution < -0.4 is 0 Å². The summed E-state index contributed by atoms with van der Waals surface area (Å²) in [6.45, 7) is 3.49. The van der Waals surface area contributed by atoms with Crippen molar-refractivity contribution >= 4 is 0 Å². The summed E-state index contributed by atoms with van der Waals surface area (Å²) < 4.78 is 23.2. The molecular formula is C6H12F2. The minimum atomic E-state index is -2.13. The number of hydrogen-bond acceptors (Lipinski definition) is 0. The van der Waals surface area contributed by atoms with Crippen LogP contribution in [0.1, 0.15) is 26.7 Å². The standard InChI is InChI=1S/C6H12F2/c1-3-4-5(2)6(7)8/h5-6H,3-4H2,1-2H3/t5-/m0/s1. The average molecular weight is 122 g/mol. The maximum atomic E-state index is 11.6. The Kier molecular flexibility index (Phi) is 3.75. The van der Waals surface area contributed by atoms with Crippen LogP contribution in [0.2, 0.25) is 0 Å². The summed E-state index contributed by atoms with van der Waals surface area (Å²) in [7, 11) is 0. The summed E-state index contributed by atoms with van der Waals surface area (Å²) >= 11 is 0. The van der Waals surface area contributed by atoms with Gasteiger partial charge in [0, 0.05) is 5.92 Å². The molecule has 0 aromatic heterocycles. The molecule has 8 heavy (non-hydrogen) atoms.